The molecule has 0 rings (SSSR count). The Morgan fingerprint density at radius 2 is 1.91 bits per heavy atom. The highest BCUT2D eigenvalue weighted by Crippen LogP contribution is 2.21. The first kappa shape index (κ1) is 10.5. The molecular formula is C10H21N. The van der Waals surface area contributed by atoms with E-state index in [1.165, 1.54) is 0 Å². The van der Waals surface area contributed by atoms with E-state index in [2.05, 4.69) is 46.5 Å². The van der Waals surface area contributed by atoms with Crippen LogP contribution in [0.4, 0.5) is 0 Å². The van der Waals surface area contributed by atoms with Crippen LogP contribution in [0.25, 0.3) is 0 Å². The second-order valence-electron chi connectivity index (χ2n) is 4.18. The maximum atomic E-state index is 4.00. The topological polar surface area (TPSA) is 12.0 Å². The number of nitrogens with one attached hydrogen (secondary N) is 1. The van der Waals surface area contributed by atoms with Gasteiger partial charge in [-0.25, -0.2) is 0 Å². The van der Waals surface area contributed by atoms with Gasteiger partial charge in [0.1, 0.15) is 0 Å². The summed E-state index contributed by atoms with van der Waals surface area (Å²) < 4.78 is 0. The van der Waals surface area contributed by atoms with Gasteiger partial charge in [-0.05, 0) is 13.3 Å². The molecule has 66 valence electrons. The van der Waals surface area contributed by atoms with Gasteiger partial charge in [0.25, 0.3) is 0 Å². The highest BCUT2D eigenvalue weighted by Gasteiger charge is 2.15. The summed E-state index contributed by atoms with van der Waals surface area (Å²) in [6, 6.07) is 0.543. The number of hydrogen-bond donors (Lipinski definition) is 1. The third-order valence-electron chi connectivity index (χ3n) is 1.94. The van der Waals surface area contributed by atoms with E-state index in [1.807, 2.05) is 0 Å². The highest BCUT2D eigenvalue weighted by molar-refractivity contribution is 5.03. The van der Waals surface area contributed by atoms with Gasteiger partial charge in [-0.3, -0.25) is 0 Å². The quantitative estimate of drug-likeness (QED) is 0.660. The predicted octanol–water partition coefficient (Wildman–Crippen LogP) is 2.93. The lowest BCUT2D eigenvalue weighted by molar-refractivity contribution is 0.433. The van der Waals surface area contributed by atoms with E-state index >= 15 is 0 Å². The Labute approximate surface area is 70.9 Å². The molecule has 1 nitrogen and oxygen atoms in total. The van der Waals surface area contributed by atoms with E-state index in [1.54, 1.807) is 0 Å². The van der Waals surface area contributed by atoms with Crippen LogP contribution in [0.15, 0.2) is 12.3 Å². The van der Waals surface area contributed by atoms with Crippen molar-refractivity contribution in [3.63, 3.8) is 0 Å². The lowest BCUT2D eigenvalue weighted by Gasteiger charge is -2.26. The molecular weight excluding hydrogens is 134 g/mol. The molecule has 0 radical (unpaired) electrons. The highest BCUT2D eigenvalue weighted by atomic mass is 14.9. The SMILES string of the molecule is C=C(NC(C)CC)C(C)(C)C. The van der Waals surface area contributed by atoms with Gasteiger partial charge in [0.15, 0.2) is 0 Å². The first-order chi connectivity index (χ1) is 4.88. The molecule has 1 atom stereocenters. The van der Waals surface area contributed by atoms with Gasteiger partial charge >= 0.3 is 0 Å². The first-order valence-corrected chi connectivity index (χ1v) is 4.33. The molecule has 0 aromatic heterocycles. The van der Waals surface area contributed by atoms with Crippen LogP contribution in [0.3, 0.4) is 0 Å². The summed E-state index contributed by atoms with van der Waals surface area (Å²) in [6.07, 6.45) is 1.15. The van der Waals surface area contributed by atoms with Crippen molar-refractivity contribution in [3.8, 4) is 0 Å². The smallest absolute Gasteiger partial charge is 0.0227 e. The summed E-state index contributed by atoms with van der Waals surface area (Å²) in [5, 5.41) is 3.38. The largest absolute Gasteiger partial charge is 0.386 e. The summed E-state index contributed by atoms with van der Waals surface area (Å²) in [5.74, 6) is 0. The van der Waals surface area contributed by atoms with Crippen molar-refractivity contribution in [2.24, 2.45) is 5.41 Å². The van der Waals surface area contributed by atoms with Crippen LogP contribution in [0, 0.1) is 5.41 Å². The average Bonchev–Trinajstić information content (AvgIpc) is 1.85. The molecule has 1 N–H and O–H groups in total. The molecule has 0 aromatic carbocycles. The van der Waals surface area contributed by atoms with Crippen LogP contribution in [0.2, 0.25) is 0 Å². The minimum absolute atomic E-state index is 0.184. The molecule has 0 aromatic rings. The molecule has 1 unspecified atom stereocenters. The summed E-state index contributed by atoms with van der Waals surface area (Å²) >= 11 is 0. The Bertz CT molecular complexity index is 130. The summed E-state index contributed by atoms with van der Waals surface area (Å²) in [7, 11) is 0. The predicted molar refractivity (Wildman–Crippen MR) is 51.5 cm³/mol. The van der Waals surface area contributed by atoms with E-state index < -0.39 is 0 Å². The van der Waals surface area contributed by atoms with Gasteiger partial charge in [0.2, 0.25) is 0 Å². The fraction of sp³-hybridized carbons (Fsp3) is 0.800. The van der Waals surface area contributed by atoms with Gasteiger partial charge in [0.05, 0.1) is 0 Å². The molecule has 0 aliphatic rings. The summed E-state index contributed by atoms with van der Waals surface area (Å²) in [6.45, 7) is 14.9. The molecule has 0 bridgehead atoms. The van der Waals surface area contributed by atoms with Crippen molar-refractivity contribution >= 4 is 0 Å². The Morgan fingerprint density at radius 1 is 1.45 bits per heavy atom. The van der Waals surface area contributed by atoms with E-state index in [-0.39, 0.29) is 5.41 Å². The van der Waals surface area contributed by atoms with Crippen LogP contribution in [-0.4, -0.2) is 6.04 Å². The molecule has 0 spiro atoms. The van der Waals surface area contributed by atoms with Crippen LogP contribution < -0.4 is 5.32 Å². The normalized spacial score (nSPS) is 14.3. The molecule has 0 saturated carbocycles. The molecule has 0 fully saturated rings. The van der Waals surface area contributed by atoms with Crippen molar-refractivity contribution in [1.82, 2.24) is 5.32 Å². The van der Waals surface area contributed by atoms with Crippen molar-refractivity contribution in [2.45, 2.75) is 47.1 Å². The second kappa shape index (κ2) is 3.80. The number of allylic oxidation sites excluding steroid dienone is 1. The number of rotatable bonds is 3. The van der Waals surface area contributed by atoms with Crippen molar-refractivity contribution in [2.75, 3.05) is 0 Å². The number of hydrogen-bond acceptors (Lipinski definition) is 1. The zero-order valence-corrected chi connectivity index (χ0v) is 8.49. The maximum absolute atomic E-state index is 4.00. The minimum Gasteiger partial charge on any atom is -0.386 e. The second-order valence-corrected chi connectivity index (χ2v) is 4.18. The van der Waals surface area contributed by atoms with Crippen LogP contribution >= 0.6 is 0 Å². The zero-order chi connectivity index (χ0) is 9.07. The van der Waals surface area contributed by atoms with Gasteiger partial charge < -0.3 is 5.32 Å². The lowest BCUT2D eigenvalue weighted by Crippen LogP contribution is -2.30. The third-order valence-corrected chi connectivity index (χ3v) is 1.94. The Hall–Kier alpha value is -0.460. The molecule has 0 heterocycles. The van der Waals surface area contributed by atoms with Crippen molar-refractivity contribution in [1.29, 1.82) is 0 Å². The Kier molecular flexibility index (Phi) is 3.64. The maximum Gasteiger partial charge on any atom is 0.0227 e. The van der Waals surface area contributed by atoms with E-state index in [0.717, 1.165) is 12.1 Å². The molecule has 0 aliphatic carbocycles. The van der Waals surface area contributed by atoms with Crippen LogP contribution in [0.1, 0.15) is 41.0 Å². The van der Waals surface area contributed by atoms with Crippen LogP contribution in [0.5, 0.6) is 0 Å². The fourth-order valence-electron chi connectivity index (χ4n) is 0.616. The van der Waals surface area contributed by atoms with E-state index in [4.69, 9.17) is 0 Å². The fourth-order valence-corrected chi connectivity index (χ4v) is 0.616. The van der Waals surface area contributed by atoms with Gasteiger partial charge in [0, 0.05) is 17.2 Å². The van der Waals surface area contributed by atoms with E-state index in [0.29, 0.717) is 6.04 Å². The van der Waals surface area contributed by atoms with Gasteiger partial charge in [-0.15, -0.1) is 0 Å². The third kappa shape index (κ3) is 4.07. The average molecular weight is 155 g/mol. The monoisotopic (exact) mass is 155 g/mol. The van der Waals surface area contributed by atoms with Crippen molar-refractivity contribution in [3.05, 3.63) is 12.3 Å². The molecule has 0 saturated heterocycles. The molecule has 0 aliphatic heterocycles. The Balaban J connectivity index is 3.88. The van der Waals surface area contributed by atoms with Crippen LogP contribution in [-0.2, 0) is 0 Å². The summed E-state index contributed by atoms with van der Waals surface area (Å²) in [4.78, 5) is 0. The summed E-state index contributed by atoms with van der Waals surface area (Å²) in [5.41, 5.74) is 1.32. The van der Waals surface area contributed by atoms with Gasteiger partial charge in [-0.2, -0.15) is 0 Å². The minimum atomic E-state index is 0.184. The molecule has 0 amide bonds. The van der Waals surface area contributed by atoms with Crippen molar-refractivity contribution < 1.29 is 0 Å². The first-order valence-electron chi connectivity index (χ1n) is 4.33. The zero-order valence-electron chi connectivity index (χ0n) is 8.49. The standard InChI is InChI=1S/C10H21N/c1-7-8(2)11-9(3)10(4,5)6/h8,11H,3,7H2,1-2,4-6H3. The lowest BCUT2D eigenvalue weighted by atomic mass is 9.92. The molecule has 1 heteroatoms. The Morgan fingerprint density at radius 3 is 2.18 bits per heavy atom. The van der Waals surface area contributed by atoms with Gasteiger partial charge in [-0.1, -0.05) is 34.3 Å². The molecule has 11 heavy (non-hydrogen) atoms. The van der Waals surface area contributed by atoms with E-state index in [9.17, 15) is 0 Å².